The van der Waals surface area contributed by atoms with Crippen molar-refractivity contribution in [1.82, 2.24) is 4.90 Å². The van der Waals surface area contributed by atoms with E-state index in [0.717, 1.165) is 49.2 Å². The number of benzene rings is 2. The lowest BCUT2D eigenvalue weighted by atomic mass is 9.67. The van der Waals surface area contributed by atoms with Crippen molar-refractivity contribution in [3.05, 3.63) is 53.6 Å². The number of phenols is 2. The van der Waals surface area contributed by atoms with Crippen LogP contribution in [-0.2, 0) is 12.1 Å². The predicted octanol–water partition coefficient (Wildman–Crippen LogP) is 3.23. The normalized spacial score (nSPS) is 28.1. The molecule has 0 amide bonds. The minimum atomic E-state index is -0.874. The second-order valence-electron chi connectivity index (χ2n) is 7.90. The van der Waals surface area contributed by atoms with E-state index in [1.54, 1.807) is 13.2 Å². The summed E-state index contributed by atoms with van der Waals surface area (Å²) in [6, 6.07) is 12.8. The smallest absolute Gasteiger partial charge is 0.157 e. The maximum absolute atomic E-state index is 11.7. The Bertz CT molecular complexity index is 824. The maximum Gasteiger partial charge on any atom is 0.157 e. The van der Waals surface area contributed by atoms with E-state index in [0.29, 0.717) is 12.5 Å². The van der Waals surface area contributed by atoms with Gasteiger partial charge in [-0.1, -0.05) is 24.3 Å². The third-order valence-corrected chi connectivity index (χ3v) is 6.28. The van der Waals surface area contributed by atoms with Crippen LogP contribution in [-0.4, -0.2) is 40.4 Å². The lowest BCUT2D eigenvalue weighted by Gasteiger charge is -2.42. The lowest BCUT2D eigenvalue weighted by molar-refractivity contribution is -0.0662. The van der Waals surface area contributed by atoms with E-state index < -0.39 is 5.60 Å². The standard InChI is InChI=1S/C22H27NO4/c1-27-21-7-3-2-6-17(21)22(26)10-4-5-16-13-23(14-18(16)22)12-15-8-9-19(24)20(25)11-15/h2-3,6-9,11,16,18,24-26H,4-5,10,12-14H2,1H3/t16-,18-,22+/m0/s1. The van der Waals surface area contributed by atoms with E-state index in [1.807, 2.05) is 30.3 Å². The Hall–Kier alpha value is -2.24. The summed E-state index contributed by atoms with van der Waals surface area (Å²) in [6.07, 6.45) is 2.88. The molecule has 1 heterocycles. The zero-order valence-electron chi connectivity index (χ0n) is 15.6. The van der Waals surface area contributed by atoms with Gasteiger partial charge in [0.15, 0.2) is 11.5 Å². The molecule has 0 bridgehead atoms. The summed E-state index contributed by atoms with van der Waals surface area (Å²) in [6.45, 7) is 2.44. The largest absolute Gasteiger partial charge is 0.504 e. The number of ether oxygens (including phenoxy) is 1. The average Bonchev–Trinajstić information content (AvgIpc) is 3.09. The van der Waals surface area contributed by atoms with Gasteiger partial charge in [-0.25, -0.2) is 0 Å². The number of likely N-dealkylation sites (tertiary alicyclic amines) is 1. The second kappa shape index (κ2) is 7.06. The van der Waals surface area contributed by atoms with Crippen LogP contribution in [0.15, 0.2) is 42.5 Å². The summed E-state index contributed by atoms with van der Waals surface area (Å²) in [5, 5.41) is 31.0. The number of hydrogen-bond donors (Lipinski definition) is 3. The van der Waals surface area contributed by atoms with Gasteiger partial charge in [-0.15, -0.1) is 0 Å². The van der Waals surface area contributed by atoms with Crippen molar-refractivity contribution in [2.24, 2.45) is 11.8 Å². The van der Waals surface area contributed by atoms with Gasteiger partial charge in [0.25, 0.3) is 0 Å². The average molecular weight is 369 g/mol. The van der Waals surface area contributed by atoms with Crippen LogP contribution < -0.4 is 4.74 Å². The molecule has 2 aromatic rings. The molecular formula is C22H27NO4. The molecule has 2 aliphatic rings. The molecule has 0 aromatic heterocycles. The highest BCUT2D eigenvalue weighted by molar-refractivity contribution is 5.41. The van der Waals surface area contributed by atoms with Gasteiger partial charge in [0.2, 0.25) is 0 Å². The molecule has 2 fully saturated rings. The maximum atomic E-state index is 11.7. The van der Waals surface area contributed by atoms with E-state index in [1.165, 1.54) is 6.07 Å². The van der Waals surface area contributed by atoms with Gasteiger partial charge in [0.1, 0.15) is 5.75 Å². The van der Waals surface area contributed by atoms with Gasteiger partial charge in [-0.2, -0.15) is 0 Å². The molecule has 2 aromatic carbocycles. The molecule has 1 aliphatic carbocycles. The fraction of sp³-hybridized carbons (Fsp3) is 0.455. The molecule has 1 saturated carbocycles. The van der Waals surface area contributed by atoms with E-state index >= 15 is 0 Å². The lowest BCUT2D eigenvalue weighted by Crippen LogP contribution is -2.43. The molecule has 0 radical (unpaired) electrons. The summed E-state index contributed by atoms with van der Waals surface area (Å²) in [5.74, 6) is 1.17. The summed E-state index contributed by atoms with van der Waals surface area (Å²) in [5.41, 5.74) is 0.984. The fourth-order valence-corrected chi connectivity index (χ4v) is 5.00. The first-order valence-corrected chi connectivity index (χ1v) is 9.60. The number of phenolic OH excluding ortho intramolecular Hbond substituents is 2. The SMILES string of the molecule is COc1ccccc1[C@]1(O)CCC[C@H]2CN(Cc3ccc(O)c(O)c3)C[C@@H]21. The molecule has 5 heteroatoms. The van der Waals surface area contributed by atoms with Crippen molar-refractivity contribution in [3.8, 4) is 17.2 Å². The first-order valence-electron chi connectivity index (χ1n) is 9.60. The number of aromatic hydroxyl groups is 2. The van der Waals surface area contributed by atoms with Crippen LogP contribution >= 0.6 is 0 Å². The molecule has 3 atom stereocenters. The summed E-state index contributed by atoms with van der Waals surface area (Å²) < 4.78 is 5.53. The number of aliphatic hydroxyl groups is 1. The third-order valence-electron chi connectivity index (χ3n) is 6.28. The molecule has 1 saturated heterocycles. The molecule has 0 spiro atoms. The highest BCUT2D eigenvalue weighted by atomic mass is 16.5. The number of methoxy groups -OCH3 is 1. The van der Waals surface area contributed by atoms with Gasteiger partial charge >= 0.3 is 0 Å². The molecule has 3 N–H and O–H groups in total. The number of rotatable bonds is 4. The fourth-order valence-electron chi connectivity index (χ4n) is 5.00. The van der Waals surface area contributed by atoms with E-state index in [4.69, 9.17) is 4.74 Å². The van der Waals surface area contributed by atoms with Crippen LogP contribution in [0.3, 0.4) is 0 Å². The molecule has 144 valence electrons. The van der Waals surface area contributed by atoms with Crippen LogP contribution in [0.25, 0.3) is 0 Å². The molecular weight excluding hydrogens is 342 g/mol. The minimum absolute atomic E-state index is 0.0883. The second-order valence-corrected chi connectivity index (χ2v) is 7.90. The number of hydrogen-bond acceptors (Lipinski definition) is 5. The first-order chi connectivity index (χ1) is 13.0. The first kappa shape index (κ1) is 18.1. The Morgan fingerprint density at radius 3 is 2.70 bits per heavy atom. The summed E-state index contributed by atoms with van der Waals surface area (Å²) >= 11 is 0. The number of nitrogens with zero attached hydrogens (tertiary/aromatic N) is 1. The Balaban J connectivity index is 1.57. The predicted molar refractivity (Wildman–Crippen MR) is 103 cm³/mol. The molecule has 5 nitrogen and oxygen atoms in total. The summed E-state index contributed by atoms with van der Waals surface area (Å²) in [7, 11) is 1.65. The molecule has 27 heavy (non-hydrogen) atoms. The Morgan fingerprint density at radius 2 is 1.93 bits per heavy atom. The number of fused-ring (bicyclic) bond motifs is 1. The van der Waals surface area contributed by atoms with Crippen molar-refractivity contribution < 1.29 is 20.1 Å². The molecule has 1 aliphatic heterocycles. The molecule has 4 rings (SSSR count). The van der Waals surface area contributed by atoms with Crippen molar-refractivity contribution in [2.75, 3.05) is 20.2 Å². The van der Waals surface area contributed by atoms with Gasteiger partial charge in [-0.3, -0.25) is 4.90 Å². The third kappa shape index (κ3) is 3.26. The van der Waals surface area contributed by atoms with Gasteiger partial charge in [-0.05, 0) is 48.9 Å². The van der Waals surface area contributed by atoms with E-state index in [9.17, 15) is 15.3 Å². The van der Waals surface area contributed by atoms with Gasteiger partial charge < -0.3 is 20.1 Å². The van der Waals surface area contributed by atoms with E-state index in [2.05, 4.69) is 4.90 Å². The van der Waals surface area contributed by atoms with Crippen LogP contribution in [0.4, 0.5) is 0 Å². The number of para-hydroxylation sites is 1. The van der Waals surface area contributed by atoms with Crippen molar-refractivity contribution in [3.63, 3.8) is 0 Å². The van der Waals surface area contributed by atoms with Crippen molar-refractivity contribution >= 4 is 0 Å². The Morgan fingerprint density at radius 1 is 1.11 bits per heavy atom. The van der Waals surface area contributed by atoms with Crippen LogP contribution in [0, 0.1) is 11.8 Å². The van der Waals surface area contributed by atoms with Crippen molar-refractivity contribution in [2.45, 2.75) is 31.4 Å². The van der Waals surface area contributed by atoms with E-state index in [-0.39, 0.29) is 17.4 Å². The molecule has 0 unspecified atom stereocenters. The quantitative estimate of drug-likeness (QED) is 0.722. The van der Waals surface area contributed by atoms with Crippen LogP contribution in [0.1, 0.15) is 30.4 Å². The zero-order chi connectivity index (χ0) is 19.0. The Labute approximate surface area is 159 Å². The monoisotopic (exact) mass is 369 g/mol. The highest BCUT2D eigenvalue weighted by Gasteiger charge is 2.50. The summed E-state index contributed by atoms with van der Waals surface area (Å²) in [4.78, 5) is 2.34. The van der Waals surface area contributed by atoms with Gasteiger partial charge in [0, 0.05) is 31.1 Å². The van der Waals surface area contributed by atoms with Crippen molar-refractivity contribution in [1.29, 1.82) is 0 Å². The van der Waals surface area contributed by atoms with Crippen LogP contribution in [0.2, 0.25) is 0 Å². The minimum Gasteiger partial charge on any atom is -0.504 e. The topological polar surface area (TPSA) is 73.2 Å². The Kier molecular flexibility index (Phi) is 4.74. The van der Waals surface area contributed by atoms with Gasteiger partial charge in [0.05, 0.1) is 12.7 Å². The highest BCUT2D eigenvalue weighted by Crippen LogP contribution is 2.50. The zero-order valence-corrected chi connectivity index (χ0v) is 15.6. The van der Waals surface area contributed by atoms with Crippen LogP contribution in [0.5, 0.6) is 17.2 Å².